The third-order valence-electron chi connectivity index (χ3n) is 20.1. The zero-order chi connectivity index (χ0) is 156. The highest BCUT2D eigenvalue weighted by atomic mass is 15.4. The van der Waals surface area contributed by atoms with Gasteiger partial charge in [-0.2, -0.15) is 71.4 Å². The molecule has 14 aromatic rings. The number of fused-ring (bicyclic) bond motifs is 14. The van der Waals surface area contributed by atoms with Crippen molar-refractivity contribution < 1.29 is 93.2 Å². The number of aryl methyl sites for hydroxylation is 28. The van der Waals surface area contributed by atoms with Gasteiger partial charge >= 0.3 is 0 Å². The molecule has 0 atom stereocenters. The first-order chi connectivity index (χ1) is 94.6. The molecule has 42 nitrogen and oxygen atoms in total. The smallest absolute Gasteiger partial charge is 0.138 e. The average Bonchev–Trinajstić information content (AvgIpc) is 1.55. The van der Waals surface area contributed by atoms with E-state index in [9.17, 15) is 0 Å². The lowest BCUT2D eigenvalue weighted by atomic mass is 10.2. The molecule has 0 radical (unpaired) electrons. The Kier molecular flexibility index (Phi) is 19.9. The molecule has 0 saturated heterocycles. The van der Waals surface area contributed by atoms with Crippen LogP contribution in [0.2, 0.25) is 0 Å². The largest absolute Gasteiger partial charge is 0.250 e. The summed E-state index contributed by atoms with van der Waals surface area (Å²) in [7, 11) is 0. The fraction of sp³-hybridized carbons (Fsp3) is 0.714. The summed E-state index contributed by atoms with van der Waals surface area (Å²) < 4.78 is 539. The van der Waals surface area contributed by atoms with E-state index in [1.807, 2.05) is 0 Å². The Morgan fingerprint density at radius 1 is 0.129 bits per heavy atom. The predicted molar refractivity (Wildman–Crippen MR) is 526 cm³/mol. The van der Waals surface area contributed by atoms with Gasteiger partial charge in [0.2, 0.25) is 0 Å². The van der Waals surface area contributed by atoms with Gasteiger partial charge in [-0.3, -0.25) is 65.5 Å². The summed E-state index contributed by atoms with van der Waals surface area (Å²) in [6.45, 7) is -13.4. The molecule has 0 aliphatic carbocycles. The minimum Gasteiger partial charge on any atom is -0.250 e. The van der Waals surface area contributed by atoms with Crippen molar-refractivity contribution in [3.63, 3.8) is 0 Å². The van der Waals surface area contributed by atoms with E-state index in [4.69, 9.17) is 93.2 Å². The van der Waals surface area contributed by atoms with Gasteiger partial charge in [0.1, 0.15) is 170 Å². The van der Waals surface area contributed by atoms with E-state index in [1.54, 1.807) is 14.0 Å². The number of hydrogen-bond acceptors (Lipinski definition) is 28. The van der Waals surface area contributed by atoms with Gasteiger partial charge in [-0.1, -0.05) is 89.5 Å². The van der Waals surface area contributed by atoms with Crippen molar-refractivity contribution in [3.05, 3.63) is 170 Å². The Morgan fingerprint density at radius 3 is 0.843 bits per heavy atom. The normalized spacial score (nSPS) is 37.4. The standard InChI is InChI=1S/14C7H11N3/c14*1-2-4-7-8-6-9-10(7)5-3-1/h14*6H,1-5H2/i1D2,2D2,4D2,5D2;1D2,2D2,3D2,5D2;1D2,2D2,3D2,4D2;1D2,3D2,5D2;1D2,2D2,5D2;1D2,2D2,4D2;3D2,5D2;2D2,4D2;1D2,5D2;1D2,3D2;1D2,2D2;5D2;3D2;2D2. The Balaban J connectivity index is 0.000000160. The van der Waals surface area contributed by atoms with Gasteiger partial charge in [-0.05, 0) is 179 Å². The van der Waals surface area contributed by atoms with Crippen LogP contribution in [0.5, 0.6) is 0 Å². The molecule has 0 N–H and O–H groups in total. The Morgan fingerprint density at radius 2 is 0.364 bits per heavy atom. The minimum atomic E-state index is -3.09. The van der Waals surface area contributed by atoms with E-state index >= 15 is 0 Å². The number of nitrogens with zero attached hydrogens (tertiary/aromatic N) is 42. The summed E-state index contributed by atoms with van der Waals surface area (Å²) in [4.78, 5) is 53.8. The molecule has 28 heterocycles. The molecule has 42 heteroatoms. The van der Waals surface area contributed by atoms with Crippen LogP contribution < -0.4 is 0 Å². The van der Waals surface area contributed by atoms with Crippen LogP contribution in [0, 0.1) is 0 Å². The van der Waals surface area contributed by atoms with Crippen LogP contribution in [0.15, 0.2) is 88.6 Å². The summed E-state index contributed by atoms with van der Waals surface area (Å²) >= 11 is 0. The summed E-state index contributed by atoms with van der Waals surface area (Å²) in [5.74, 6) is 3.99. The highest BCUT2D eigenvalue weighted by molar-refractivity contribution is 4.96. The van der Waals surface area contributed by atoms with Crippen molar-refractivity contribution in [2.24, 2.45) is 0 Å². The molecule has 0 unspecified atom stereocenters. The summed E-state index contributed by atoms with van der Waals surface area (Å²) in [6.07, 6.45) is -36.1. The second kappa shape index (κ2) is 59.5. The Bertz CT molecular complexity index is 8740. The van der Waals surface area contributed by atoms with E-state index in [0.29, 0.717) is 117 Å². The van der Waals surface area contributed by atoms with Crippen LogP contribution in [0.4, 0.5) is 0 Å². The third kappa shape index (κ3) is 34.2. The SMILES string of the molecule is [2H]C1([2H])CC([2H])([2H])C([2H])([2H])C([2H])([2H])c2ncnn21.[2H]C1([2H])CC([2H])([2H])C([2H])([2H])Cc2ncnn21.[2H]C1([2H])CCCCc2ncnn21.[2H]C1([2H])CCCc2ncnn2C1.[2H]C1([2H])CCCc2ncnn2C1([2H])[2H].[2H]C1([2H])CCCn2ncnc2C1.[2H]C1([2H])CCCn2ncnc2C1([2H])[2H].[2H]C1([2H])CCc2ncnn2C([2H])([2H])C1.[2H]C1([2H])CCc2ncnn2C([2H])([2H])C1([2H])[2H].[2H]C1([2H])CCc2ncnn2CC1([2H])[2H].[2H]C1([2H])CCn2ncnc2C([2H])([2H])C1([2H])[2H].[2H]C1([2H])CCn2ncnc2CC1([2H])[2H].[2H]C1([2H])Cc2ncnn2C([2H])([2H])C([2H])([2H])C1([2H])[2H].[2H]C1([2H])Cn2ncnc2C([2H])([2H])C([2H])([2H])C1([2H])[2H]. The molecule has 14 aromatic heterocycles. The summed E-state index contributed by atoms with van der Waals surface area (Å²) in [5, 5.41) is 53.0. The van der Waals surface area contributed by atoms with Crippen LogP contribution in [0.3, 0.4) is 0 Å². The monoisotopic (exact) mass is 1990 g/mol. The highest BCUT2D eigenvalue weighted by Crippen LogP contribution is 2.21. The topological polar surface area (TPSA) is 430 Å². The van der Waals surface area contributed by atoms with Gasteiger partial charge in [0.05, 0.1) is 19.2 Å². The van der Waals surface area contributed by atoms with Gasteiger partial charge in [-0.25, -0.2) is 69.8 Å². The van der Waals surface area contributed by atoms with Crippen LogP contribution in [0.25, 0.3) is 0 Å². The number of aromatic nitrogens is 42. The fourth-order valence-electron chi connectivity index (χ4n) is 13.2. The van der Waals surface area contributed by atoms with Gasteiger partial charge in [0, 0.05) is 255 Å². The molecular weight excluding hydrogens is 1770 g/mol. The maximum atomic E-state index is 7.76. The number of rotatable bonds is 0. The van der Waals surface area contributed by atoms with Crippen LogP contribution in [0.1, 0.15) is 443 Å². The second-order valence-corrected chi connectivity index (χ2v) is 29.6. The van der Waals surface area contributed by atoms with Gasteiger partial charge in [0.25, 0.3) is 0 Å². The van der Waals surface area contributed by atoms with Crippen LogP contribution in [-0.4, -0.2) is 207 Å². The van der Waals surface area contributed by atoms with Crippen molar-refractivity contribution in [1.82, 2.24) is 207 Å². The van der Waals surface area contributed by atoms with E-state index in [0.717, 1.165) is 119 Å². The lowest BCUT2D eigenvalue weighted by Gasteiger charge is -1.96. The minimum absolute atomic E-state index is 0.0139. The van der Waals surface area contributed by atoms with Crippen LogP contribution in [-0.2, 0) is 181 Å². The third-order valence-corrected chi connectivity index (χ3v) is 20.1. The van der Waals surface area contributed by atoms with E-state index in [-0.39, 0.29) is 106 Å². The van der Waals surface area contributed by atoms with E-state index < -0.39 is 255 Å². The van der Waals surface area contributed by atoms with Gasteiger partial charge in [-0.15, -0.1) is 0 Å². The first-order valence-corrected chi connectivity index (χ1v) is 45.0. The molecular formula is C98H154N42. The highest BCUT2D eigenvalue weighted by Gasteiger charge is 2.19. The maximum Gasteiger partial charge on any atom is 0.138 e. The van der Waals surface area contributed by atoms with Gasteiger partial charge in [0.15, 0.2) is 0 Å². The van der Waals surface area contributed by atoms with Crippen LogP contribution >= 0.6 is 0 Å². The summed E-state index contributed by atoms with van der Waals surface area (Å²) in [6, 6.07) is 0. The number of hydrogen-bond donors (Lipinski definition) is 0. The van der Waals surface area contributed by atoms with Crippen molar-refractivity contribution >= 4 is 0 Å². The molecule has 0 bridgehead atoms. The maximum absolute atomic E-state index is 7.76. The van der Waals surface area contributed by atoms with Crippen molar-refractivity contribution in [1.29, 1.82) is 0 Å². The molecule has 756 valence electrons. The molecule has 0 amide bonds. The zero-order valence-electron chi connectivity index (χ0n) is 144. The quantitative estimate of drug-likeness (QED) is 0.136. The molecule has 0 aromatic carbocycles. The van der Waals surface area contributed by atoms with Crippen molar-refractivity contribution in [2.75, 3.05) is 0 Å². The fourth-order valence-corrected chi connectivity index (χ4v) is 13.2. The van der Waals surface area contributed by atoms with E-state index in [2.05, 4.69) is 141 Å². The molecule has 14 aliphatic heterocycles. The average molecular weight is 1990 g/mol. The summed E-state index contributed by atoms with van der Waals surface area (Å²) in [5.41, 5.74) is 0. The first kappa shape index (κ1) is 46.8. The molecule has 0 fully saturated rings. The lowest BCUT2D eigenvalue weighted by molar-refractivity contribution is 0.575. The Labute approximate surface area is 919 Å². The molecule has 0 saturated carbocycles. The molecule has 14 aliphatic rings. The van der Waals surface area contributed by atoms with Crippen molar-refractivity contribution in [2.45, 2.75) is 450 Å². The van der Waals surface area contributed by atoms with Gasteiger partial charge < -0.3 is 0 Å². The second-order valence-electron chi connectivity index (χ2n) is 29.6. The zero-order valence-corrected chi connectivity index (χ0v) is 76.3. The van der Waals surface area contributed by atoms with E-state index in [1.165, 1.54) is 74.0 Å². The first-order valence-electron chi connectivity index (χ1n) is 79.0. The Hall–Kier alpha value is -12.0. The molecule has 140 heavy (non-hydrogen) atoms. The molecule has 0 spiro atoms. The van der Waals surface area contributed by atoms with Crippen molar-refractivity contribution in [3.8, 4) is 0 Å². The lowest BCUT2D eigenvalue weighted by Crippen LogP contribution is -2.01. The molecule has 28 rings (SSSR count). The predicted octanol–water partition coefficient (Wildman–Crippen LogP) is 14.1.